The Morgan fingerprint density at radius 3 is 2.96 bits per heavy atom. The summed E-state index contributed by atoms with van der Waals surface area (Å²) in [5.74, 6) is 0.992. The van der Waals surface area contributed by atoms with Gasteiger partial charge < -0.3 is 5.32 Å². The summed E-state index contributed by atoms with van der Waals surface area (Å²) in [6.45, 7) is 0. The molecule has 0 saturated carbocycles. The largest absolute Gasteiger partial charge is 0.349 e. The minimum atomic E-state index is 0.000405. The van der Waals surface area contributed by atoms with Gasteiger partial charge in [0.1, 0.15) is 0 Å². The number of thioether (sulfide) groups is 1. The highest BCUT2D eigenvalue weighted by molar-refractivity contribution is 7.99. The number of fused-ring (bicyclic) bond motifs is 1. The van der Waals surface area contributed by atoms with Gasteiger partial charge in [-0.3, -0.25) is 4.79 Å². The molecule has 3 aromatic rings. The first-order chi connectivity index (χ1) is 12.7. The lowest BCUT2D eigenvalue weighted by Gasteiger charge is -2.26. The average molecular weight is 384 g/mol. The molecule has 1 aromatic heterocycles. The second-order valence-corrected chi connectivity index (χ2v) is 7.82. The van der Waals surface area contributed by atoms with Crippen LogP contribution in [0.2, 0.25) is 5.02 Å². The minimum absolute atomic E-state index is 0.000405. The molecule has 0 bridgehead atoms. The van der Waals surface area contributed by atoms with Crippen molar-refractivity contribution in [2.45, 2.75) is 23.8 Å². The first-order valence-electron chi connectivity index (χ1n) is 8.49. The van der Waals surface area contributed by atoms with E-state index in [1.807, 2.05) is 66.5 Å². The number of amides is 1. The summed E-state index contributed by atoms with van der Waals surface area (Å²) in [5, 5.41) is 8.20. The van der Waals surface area contributed by atoms with Gasteiger partial charge in [-0.25, -0.2) is 4.68 Å². The van der Waals surface area contributed by atoms with E-state index in [-0.39, 0.29) is 11.9 Å². The van der Waals surface area contributed by atoms with Crippen LogP contribution in [0.1, 0.15) is 23.6 Å². The van der Waals surface area contributed by atoms with Crippen molar-refractivity contribution in [2.24, 2.45) is 0 Å². The third-order valence-electron chi connectivity index (χ3n) is 4.37. The molecule has 4 nitrogen and oxygen atoms in total. The number of nitrogens with one attached hydrogen (secondary N) is 1. The van der Waals surface area contributed by atoms with Crippen LogP contribution in [0.25, 0.3) is 5.69 Å². The van der Waals surface area contributed by atoms with Gasteiger partial charge in [0.2, 0.25) is 5.91 Å². The van der Waals surface area contributed by atoms with E-state index in [2.05, 4.69) is 10.4 Å². The van der Waals surface area contributed by atoms with Gasteiger partial charge in [0.15, 0.2) is 0 Å². The van der Waals surface area contributed by atoms with Gasteiger partial charge in [-0.05, 0) is 47.9 Å². The molecular weight excluding hydrogens is 366 g/mol. The number of hydrogen-bond donors (Lipinski definition) is 1. The maximum Gasteiger partial charge on any atom is 0.225 e. The average Bonchev–Trinajstić information content (AvgIpc) is 3.11. The van der Waals surface area contributed by atoms with Crippen molar-refractivity contribution in [3.8, 4) is 5.69 Å². The van der Waals surface area contributed by atoms with Gasteiger partial charge in [0.05, 0.1) is 24.3 Å². The normalized spacial score (nSPS) is 16.1. The summed E-state index contributed by atoms with van der Waals surface area (Å²) < 4.78 is 1.79. The van der Waals surface area contributed by atoms with Crippen LogP contribution in [0.3, 0.4) is 0 Å². The molecule has 132 valence electrons. The van der Waals surface area contributed by atoms with Crippen LogP contribution >= 0.6 is 23.4 Å². The van der Waals surface area contributed by atoms with E-state index in [0.29, 0.717) is 11.4 Å². The van der Waals surface area contributed by atoms with Crippen LogP contribution in [0.5, 0.6) is 0 Å². The summed E-state index contributed by atoms with van der Waals surface area (Å²) in [6.07, 6.45) is 4.87. The molecule has 26 heavy (non-hydrogen) atoms. The Morgan fingerprint density at radius 1 is 1.27 bits per heavy atom. The summed E-state index contributed by atoms with van der Waals surface area (Å²) in [5.41, 5.74) is 2.98. The van der Waals surface area contributed by atoms with Gasteiger partial charge in [-0.15, -0.1) is 11.8 Å². The Labute approximate surface area is 161 Å². The molecule has 1 N–H and O–H groups in total. The van der Waals surface area contributed by atoms with E-state index in [1.165, 1.54) is 4.90 Å². The molecule has 1 atom stereocenters. The van der Waals surface area contributed by atoms with Crippen LogP contribution in [-0.2, 0) is 11.2 Å². The highest BCUT2D eigenvalue weighted by Gasteiger charge is 2.22. The number of carbonyl (C=O) groups excluding carboxylic acids is 1. The van der Waals surface area contributed by atoms with Crippen molar-refractivity contribution < 1.29 is 4.79 Å². The molecular formula is C20H18ClN3OS. The van der Waals surface area contributed by atoms with Crippen LogP contribution in [-0.4, -0.2) is 21.4 Å². The Balaban J connectivity index is 1.44. The zero-order chi connectivity index (χ0) is 17.9. The van der Waals surface area contributed by atoms with Crippen LogP contribution in [0.4, 0.5) is 0 Å². The highest BCUT2D eigenvalue weighted by atomic mass is 35.5. The van der Waals surface area contributed by atoms with Gasteiger partial charge in [-0.1, -0.05) is 29.8 Å². The smallest absolute Gasteiger partial charge is 0.225 e. The number of carbonyl (C=O) groups is 1. The van der Waals surface area contributed by atoms with Crippen molar-refractivity contribution in [1.82, 2.24) is 15.1 Å². The van der Waals surface area contributed by atoms with Crippen LogP contribution < -0.4 is 5.32 Å². The van der Waals surface area contributed by atoms with Crippen molar-refractivity contribution in [1.29, 1.82) is 0 Å². The van der Waals surface area contributed by atoms with Gasteiger partial charge in [-0.2, -0.15) is 5.10 Å². The van der Waals surface area contributed by atoms with Crippen molar-refractivity contribution in [3.05, 3.63) is 77.1 Å². The zero-order valence-corrected chi connectivity index (χ0v) is 15.6. The standard InChI is InChI=1S/C20H18ClN3OS/c21-15-6-7-19-17(11-15)18(8-9-26-19)23-20(25)10-14-12-22-24(13-14)16-4-2-1-3-5-16/h1-7,11-13,18H,8-10H2,(H,23,25). The van der Waals surface area contributed by atoms with E-state index in [4.69, 9.17) is 11.6 Å². The number of para-hydroxylation sites is 1. The molecule has 0 aliphatic carbocycles. The summed E-state index contributed by atoms with van der Waals surface area (Å²) in [7, 11) is 0. The Kier molecular flexibility index (Phi) is 5.00. The lowest BCUT2D eigenvalue weighted by atomic mass is 10.0. The van der Waals surface area contributed by atoms with Crippen molar-refractivity contribution in [3.63, 3.8) is 0 Å². The Hall–Kier alpha value is -2.24. The molecule has 2 heterocycles. The molecule has 1 amide bonds. The zero-order valence-electron chi connectivity index (χ0n) is 14.1. The molecule has 4 rings (SSSR count). The quantitative estimate of drug-likeness (QED) is 0.725. The topological polar surface area (TPSA) is 46.9 Å². The minimum Gasteiger partial charge on any atom is -0.349 e. The fraction of sp³-hybridized carbons (Fsp3) is 0.200. The van der Waals surface area contributed by atoms with E-state index < -0.39 is 0 Å². The van der Waals surface area contributed by atoms with E-state index in [1.54, 1.807) is 10.9 Å². The van der Waals surface area contributed by atoms with Gasteiger partial charge in [0.25, 0.3) is 0 Å². The van der Waals surface area contributed by atoms with Crippen molar-refractivity contribution >= 4 is 29.3 Å². The lowest BCUT2D eigenvalue weighted by molar-refractivity contribution is -0.121. The summed E-state index contributed by atoms with van der Waals surface area (Å²) in [6, 6.07) is 15.8. The van der Waals surface area contributed by atoms with Gasteiger partial charge >= 0.3 is 0 Å². The third-order valence-corrected chi connectivity index (χ3v) is 5.73. The van der Waals surface area contributed by atoms with E-state index in [9.17, 15) is 4.79 Å². The summed E-state index contributed by atoms with van der Waals surface area (Å²) in [4.78, 5) is 13.7. The molecule has 2 aromatic carbocycles. The van der Waals surface area contributed by atoms with Crippen LogP contribution in [0, 0.1) is 0 Å². The number of rotatable bonds is 4. The number of halogens is 1. The van der Waals surface area contributed by atoms with Crippen molar-refractivity contribution in [2.75, 3.05) is 5.75 Å². The first-order valence-corrected chi connectivity index (χ1v) is 9.86. The Morgan fingerprint density at radius 2 is 2.12 bits per heavy atom. The SMILES string of the molecule is O=C(Cc1cnn(-c2ccccc2)c1)NC1CCSc2ccc(Cl)cc21. The molecule has 0 fully saturated rings. The summed E-state index contributed by atoms with van der Waals surface area (Å²) >= 11 is 7.95. The number of hydrogen-bond acceptors (Lipinski definition) is 3. The predicted molar refractivity (Wildman–Crippen MR) is 105 cm³/mol. The predicted octanol–water partition coefficient (Wildman–Crippen LogP) is 4.42. The molecule has 1 aliphatic heterocycles. The number of aromatic nitrogens is 2. The second-order valence-electron chi connectivity index (χ2n) is 6.24. The first kappa shape index (κ1) is 17.2. The molecule has 1 aliphatic rings. The van der Waals surface area contributed by atoms with E-state index in [0.717, 1.165) is 29.0 Å². The molecule has 0 saturated heterocycles. The molecule has 1 unspecified atom stereocenters. The number of nitrogens with zero attached hydrogens (tertiary/aromatic N) is 2. The third kappa shape index (κ3) is 3.79. The maximum atomic E-state index is 12.5. The van der Waals surface area contributed by atoms with Gasteiger partial charge in [0, 0.05) is 21.9 Å². The lowest BCUT2D eigenvalue weighted by Crippen LogP contribution is -2.31. The maximum absolute atomic E-state index is 12.5. The number of benzene rings is 2. The Bertz CT molecular complexity index is 926. The van der Waals surface area contributed by atoms with E-state index >= 15 is 0 Å². The fourth-order valence-corrected chi connectivity index (χ4v) is 4.41. The highest BCUT2D eigenvalue weighted by Crippen LogP contribution is 2.37. The second kappa shape index (κ2) is 7.56. The molecule has 0 spiro atoms. The fourth-order valence-electron chi connectivity index (χ4n) is 3.12. The monoisotopic (exact) mass is 383 g/mol. The van der Waals surface area contributed by atoms with Crippen LogP contribution in [0.15, 0.2) is 65.8 Å². The molecule has 0 radical (unpaired) electrons. The molecule has 6 heteroatoms.